The highest BCUT2D eigenvalue weighted by atomic mass is 32.1. The van der Waals surface area contributed by atoms with Crippen LogP contribution in [0.15, 0.2) is 71.7 Å². The summed E-state index contributed by atoms with van der Waals surface area (Å²) >= 11 is 1.25. The fourth-order valence-corrected chi connectivity index (χ4v) is 3.88. The van der Waals surface area contributed by atoms with Crippen LogP contribution in [0.1, 0.15) is 17.2 Å². The normalized spacial score (nSPS) is 18.5. The molecule has 3 aromatic rings. The molecule has 0 bridgehead atoms. The maximum Gasteiger partial charge on any atom is 0.301 e. The second-order valence-corrected chi connectivity index (χ2v) is 7.00. The third-order valence-corrected chi connectivity index (χ3v) is 5.32. The smallest absolute Gasteiger partial charge is 0.301 e. The fourth-order valence-electron chi connectivity index (χ4n) is 3.22. The van der Waals surface area contributed by atoms with Crippen molar-refractivity contribution in [2.45, 2.75) is 6.04 Å². The van der Waals surface area contributed by atoms with Gasteiger partial charge in [-0.2, -0.15) is 0 Å². The molecule has 0 spiro atoms. The summed E-state index contributed by atoms with van der Waals surface area (Å²) in [6, 6.07) is 15.0. The number of nitrogens with zero attached hydrogens (tertiary/aromatic N) is 2. The SMILES string of the molecule is COc1ccc(C2/C(=C(/O)c3ccccc3)C(=O)C(=O)N2c2nccs2)cc1. The molecule has 140 valence electrons. The van der Waals surface area contributed by atoms with Crippen LogP contribution in [0.4, 0.5) is 5.13 Å². The number of aliphatic hydroxyl groups excluding tert-OH is 1. The first-order valence-corrected chi connectivity index (χ1v) is 9.39. The number of hydrogen-bond donors (Lipinski definition) is 1. The minimum Gasteiger partial charge on any atom is -0.507 e. The largest absolute Gasteiger partial charge is 0.507 e. The number of anilines is 1. The Labute approximate surface area is 165 Å². The molecule has 0 aliphatic carbocycles. The molecular weight excluding hydrogens is 376 g/mol. The zero-order valence-electron chi connectivity index (χ0n) is 14.9. The average molecular weight is 392 g/mol. The fraction of sp³-hybridized carbons (Fsp3) is 0.0952. The summed E-state index contributed by atoms with van der Waals surface area (Å²) in [6.45, 7) is 0. The molecule has 1 fully saturated rings. The van der Waals surface area contributed by atoms with E-state index in [1.807, 2.05) is 6.07 Å². The molecule has 1 aromatic heterocycles. The molecule has 1 unspecified atom stereocenters. The van der Waals surface area contributed by atoms with E-state index in [1.54, 1.807) is 67.2 Å². The third-order valence-electron chi connectivity index (χ3n) is 4.55. The van der Waals surface area contributed by atoms with Crippen molar-refractivity contribution in [3.63, 3.8) is 0 Å². The first-order valence-electron chi connectivity index (χ1n) is 8.51. The second kappa shape index (κ2) is 7.28. The lowest BCUT2D eigenvalue weighted by atomic mass is 9.95. The van der Waals surface area contributed by atoms with E-state index in [1.165, 1.54) is 16.2 Å². The molecule has 28 heavy (non-hydrogen) atoms. The van der Waals surface area contributed by atoms with Gasteiger partial charge in [0.15, 0.2) is 5.13 Å². The molecular formula is C21H16N2O4S. The highest BCUT2D eigenvalue weighted by molar-refractivity contribution is 7.14. The Hall–Kier alpha value is -3.45. The van der Waals surface area contributed by atoms with Gasteiger partial charge in [0.2, 0.25) is 0 Å². The Kier molecular flexibility index (Phi) is 4.67. The van der Waals surface area contributed by atoms with Crippen molar-refractivity contribution in [1.82, 2.24) is 4.98 Å². The minimum atomic E-state index is -0.780. The van der Waals surface area contributed by atoms with E-state index >= 15 is 0 Å². The van der Waals surface area contributed by atoms with Gasteiger partial charge < -0.3 is 9.84 Å². The van der Waals surface area contributed by atoms with Crippen LogP contribution in [0.5, 0.6) is 5.75 Å². The first-order chi connectivity index (χ1) is 13.6. The quantitative estimate of drug-likeness (QED) is 0.415. The van der Waals surface area contributed by atoms with Crippen molar-refractivity contribution in [2.24, 2.45) is 0 Å². The molecule has 4 rings (SSSR count). The van der Waals surface area contributed by atoms with Crippen molar-refractivity contribution in [1.29, 1.82) is 0 Å². The number of aliphatic hydroxyl groups is 1. The maximum atomic E-state index is 12.9. The van der Waals surface area contributed by atoms with Crippen LogP contribution in [-0.2, 0) is 9.59 Å². The van der Waals surface area contributed by atoms with Crippen LogP contribution in [0.3, 0.4) is 0 Å². The lowest BCUT2D eigenvalue weighted by molar-refractivity contribution is -0.132. The van der Waals surface area contributed by atoms with E-state index in [-0.39, 0.29) is 11.3 Å². The minimum absolute atomic E-state index is 0.0385. The zero-order chi connectivity index (χ0) is 19.7. The molecule has 7 heteroatoms. The molecule has 1 aliphatic heterocycles. The average Bonchev–Trinajstić information content (AvgIpc) is 3.35. The lowest BCUT2D eigenvalue weighted by Crippen LogP contribution is -2.29. The lowest BCUT2D eigenvalue weighted by Gasteiger charge is -2.23. The van der Waals surface area contributed by atoms with Crippen molar-refractivity contribution in [3.05, 3.63) is 82.9 Å². The number of methoxy groups -OCH3 is 1. The number of carbonyl (C=O) groups is 2. The van der Waals surface area contributed by atoms with Crippen molar-refractivity contribution in [2.75, 3.05) is 12.0 Å². The highest BCUT2D eigenvalue weighted by Gasteiger charge is 2.47. The molecule has 1 amide bonds. The van der Waals surface area contributed by atoms with E-state index in [0.29, 0.717) is 22.0 Å². The summed E-state index contributed by atoms with van der Waals surface area (Å²) in [4.78, 5) is 31.2. The predicted octanol–water partition coefficient (Wildman–Crippen LogP) is 3.78. The molecule has 6 nitrogen and oxygen atoms in total. The standard InChI is InChI=1S/C21H16N2O4S/c1-27-15-9-7-13(8-10-15)17-16(18(24)14-5-3-2-4-6-14)19(25)20(26)23(17)21-22-11-12-28-21/h2-12,17,24H,1H3/b18-16-. The molecule has 1 N–H and O–H groups in total. The Balaban J connectivity index is 1.92. The predicted molar refractivity (Wildman–Crippen MR) is 106 cm³/mol. The van der Waals surface area contributed by atoms with Crippen LogP contribution in [0, 0.1) is 0 Å². The number of aromatic nitrogens is 1. The van der Waals surface area contributed by atoms with Crippen molar-refractivity contribution >= 4 is 33.9 Å². The number of amides is 1. The molecule has 0 radical (unpaired) electrons. The van der Waals surface area contributed by atoms with Crippen LogP contribution in [0.2, 0.25) is 0 Å². The van der Waals surface area contributed by atoms with E-state index in [9.17, 15) is 14.7 Å². The van der Waals surface area contributed by atoms with Gasteiger partial charge in [-0.1, -0.05) is 42.5 Å². The topological polar surface area (TPSA) is 79.7 Å². The van der Waals surface area contributed by atoms with Gasteiger partial charge in [0.25, 0.3) is 5.78 Å². The molecule has 1 aliphatic rings. The van der Waals surface area contributed by atoms with E-state index in [4.69, 9.17) is 4.74 Å². The molecule has 1 saturated heterocycles. The van der Waals surface area contributed by atoms with Gasteiger partial charge >= 0.3 is 5.91 Å². The summed E-state index contributed by atoms with van der Waals surface area (Å²) in [6.07, 6.45) is 1.57. The number of thiazole rings is 1. The van der Waals surface area contributed by atoms with Gasteiger partial charge in [-0.15, -0.1) is 11.3 Å². The number of ether oxygens (including phenoxy) is 1. The molecule has 2 heterocycles. The van der Waals surface area contributed by atoms with Crippen molar-refractivity contribution < 1.29 is 19.4 Å². The number of rotatable bonds is 4. The number of ketones is 1. The summed E-state index contributed by atoms with van der Waals surface area (Å²) in [5.74, 6) is -1.01. The van der Waals surface area contributed by atoms with Crippen LogP contribution < -0.4 is 9.64 Å². The number of hydrogen-bond acceptors (Lipinski definition) is 6. The Morgan fingerprint density at radius 3 is 2.43 bits per heavy atom. The van der Waals surface area contributed by atoms with E-state index in [0.717, 1.165) is 0 Å². The Bertz CT molecular complexity index is 1040. The van der Waals surface area contributed by atoms with Crippen LogP contribution >= 0.6 is 11.3 Å². The summed E-state index contributed by atoms with van der Waals surface area (Å²) in [7, 11) is 1.56. The third kappa shape index (κ3) is 2.95. The highest BCUT2D eigenvalue weighted by Crippen LogP contribution is 2.42. The first kappa shape index (κ1) is 17.9. The van der Waals surface area contributed by atoms with Crippen molar-refractivity contribution in [3.8, 4) is 5.75 Å². The zero-order valence-corrected chi connectivity index (χ0v) is 15.7. The maximum absolute atomic E-state index is 12.9. The Morgan fingerprint density at radius 1 is 1.11 bits per heavy atom. The Morgan fingerprint density at radius 2 is 1.82 bits per heavy atom. The van der Waals surface area contributed by atoms with Gasteiger partial charge in [0, 0.05) is 17.1 Å². The van der Waals surface area contributed by atoms with Gasteiger partial charge in [0.05, 0.1) is 18.7 Å². The molecule has 0 saturated carbocycles. The van der Waals surface area contributed by atoms with E-state index < -0.39 is 17.7 Å². The van der Waals surface area contributed by atoms with Crippen LogP contribution in [-0.4, -0.2) is 28.9 Å². The van der Waals surface area contributed by atoms with Gasteiger partial charge in [-0.3, -0.25) is 14.5 Å². The number of Topliss-reactive ketones (excluding diaryl/α,β-unsaturated/α-hetero) is 1. The number of benzene rings is 2. The molecule has 2 aromatic carbocycles. The summed E-state index contributed by atoms with van der Waals surface area (Å²) < 4.78 is 5.20. The van der Waals surface area contributed by atoms with Crippen LogP contribution in [0.25, 0.3) is 5.76 Å². The monoisotopic (exact) mass is 392 g/mol. The number of carbonyl (C=O) groups excluding carboxylic acids is 2. The van der Waals surface area contributed by atoms with Gasteiger partial charge in [-0.25, -0.2) is 4.98 Å². The molecule has 1 atom stereocenters. The second-order valence-electron chi connectivity index (χ2n) is 6.12. The summed E-state index contributed by atoms with van der Waals surface area (Å²) in [5, 5.41) is 13.0. The van der Waals surface area contributed by atoms with E-state index in [2.05, 4.69) is 4.98 Å². The van der Waals surface area contributed by atoms with Gasteiger partial charge in [0.1, 0.15) is 11.5 Å². The van der Waals surface area contributed by atoms with Gasteiger partial charge in [-0.05, 0) is 17.7 Å². The summed E-state index contributed by atoms with van der Waals surface area (Å²) in [5.41, 5.74) is 1.18.